The molecule has 1 saturated heterocycles. The second kappa shape index (κ2) is 8.25. The zero-order valence-electron chi connectivity index (χ0n) is 15.4. The molecule has 27 heavy (non-hydrogen) atoms. The fourth-order valence-electron chi connectivity index (χ4n) is 3.65. The molecule has 0 bridgehead atoms. The van der Waals surface area contributed by atoms with E-state index in [4.69, 9.17) is 4.84 Å². The number of hydrogen-bond donors (Lipinski definition) is 1. The van der Waals surface area contributed by atoms with Gasteiger partial charge in [-0.25, -0.2) is 0 Å². The fourth-order valence-corrected chi connectivity index (χ4v) is 3.65. The molecule has 5 nitrogen and oxygen atoms in total. The number of amides is 1. The van der Waals surface area contributed by atoms with Gasteiger partial charge in [0.05, 0.1) is 0 Å². The van der Waals surface area contributed by atoms with Crippen molar-refractivity contribution in [1.29, 1.82) is 0 Å². The zero-order valence-corrected chi connectivity index (χ0v) is 15.4. The van der Waals surface area contributed by atoms with E-state index in [1.54, 1.807) is 0 Å². The van der Waals surface area contributed by atoms with Crippen molar-refractivity contribution in [2.75, 3.05) is 23.3 Å². The van der Waals surface area contributed by atoms with Gasteiger partial charge in [0.25, 0.3) is 5.91 Å². The molecule has 1 amide bonds. The van der Waals surface area contributed by atoms with Crippen LogP contribution in [0.2, 0.25) is 0 Å². The third kappa shape index (κ3) is 4.30. The lowest BCUT2D eigenvalue weighted by molar-refractivity contribution is -0.110. The SMILES string of the molecule is O=C(Nc1ccc(N2CCCCCC2)cc1)C1=NOC(c2ccccc2)C1. The van der Waals surface area contributed by atoms with Gasteiger partial charge in [-0.3, -0.25) is 4.79 Å². The molecule has 0 aliphatic carbocycles. The van der Waals surface area contributed by atoms with E-state index in [0.29, 0.717) is 12.1 Å². The number of benzene rings is 2. The van der Waals surface area contributed by atoms with Gasteiger partial charge in [0.1, 0.15) is 5.71 Å². The Morgan fingerprint density at radius 1 is 0.963 bits per heavy atom. The summed E-state index contributed by atoms with van der Waals surface area (Å²) in [7, 11) is 0. The number of oxime groups is 1. The molecule has 0 radical (unpaired) electrons. The molecule has 2 aromatic carbocycles. The van der Waals surface area contributed by atoms with Crippen molar-refractivity contribution < 1.29 is 9.63 Å². The number of nitrogens with zero attached hydrogens (tertiary/aromatic N) is 2. The number of anilines is 2. The summed E-state index contributed by atoms with van der Waals surface area (Å²) in [6.45, 7) is 2.22. The van der Waals surface area contributed by atoms with Crippen molar-refractivity contribution in [2.45, 2.75) is 38.2 Å². The van der Waals surface area contributed by atoms with Crippen LogP contribution in [0.1, 0.15) is 43.8 Å². The Kier molecular flexibility index (Phi) is 5.37. The molecule has 1 unspecified atom stereocenters. The summed E-state index contributed by atoms with van der Waals surface area (Å²) in [4.78, 5) is 20.4. The molecule has 0 spiro atoms. The Morgan fingerprint density at radius 3 is 2.37 bits per heavy atom. The summed E-state index contributed by atoms with van der Waals surface area (Å²) in [5.74, 6) is -0.198. The predicted molar refractivity (Wildman–Crippen MR) is 108 cm³/mol. The second-order valence-corrected chi connectivity index (χ2v) is 7.15. The monoisotopic (exact) mass is 363 g/mol. The van der Waals surface area contributed by atoms with E-state index >= 15 is 0 Å². The highest BCUT2D eigenvalue weighted by molar-refractivity contribution is 6.43. The lowest BCUT2D eigenvalue weighted by Gasteiger charge is -2.22. The Morgan fingerprint density at radius 2 is 1.67 bits per heavy atom. The number of rotatable bonds is 4. The van der Waals surface area contributed by atoms with Crippen molar-refractivity contribution in [3.8, 4) is 0 Å². The minimum atomic E-state index is -0.198. The lowest BCUT2D eigenvalue weighted by Crippen LogP contribution is -2.24. The second-order valence-electron chi connectivity index (χ2n) is 7.15. The van der Waals surface area contributed by atoms with Crippen LogP contribution in [0.5, 0.6) is 0 Å². The summed E-state index contributed by atoms with van der Waals surface area (Å²) >= 11 is 0. The summed E-state index contributed by atoms with van der Waals surface area (Å²) in [5, 5.41) is 6.92. The van der Waals surface area contributed by atoms with Crippen LogP contribution >= 0.6 is 0 Å². The lowest BCUT2D eigenvalue weighted by atomic mass is 10.0. The Bertz CT molecular complexity index is 794. The minimum Gasteiger partial charge on any atom is -0.387 e. The molecule has 5 heteroatoms. The maximum Gasteiger partial charge on any atom is 0.273 e. The highest BCUT2D eigenvalue weighted by Crippen LogP contribution is 2.27. The molecule has 1 fully saturated rings. The molecule has 1 N–H and O–H groups in total. The summed E-state index contributed by atoms with van der Waals surface area (Å²) in [6.07, 6.45) is 5.44. The van der Waals surface area contributed by atoms with E-state index in [0.717, 1.165) is 24.3 Å². The smallest absolute Gasteiger partial charge is 0.273 e. The first-order valence-electron chi connectivity index (χ1n) is 9.73. The molecule has 140 valence electrons. The number of nitrogens with one attached hydrogen (secondary N) is 1. The Labute approximate surface area is 160 Å². The van der Waals surface area contributed by atoms with E-state index in [1.807, 2.05) is 42.5 Å². The molecule has 2 aromatic rings. The third-order valence-corrected chi connectivity index (χ3v) is 5.20. The molecule has 0 aromatic heterocycles. The van der Waals surface area contributed by atoms with Gasteiger partial charge in [-0.2, -0.15) is 0 Å². The van der Waals surface area contributed by atoms with Crippen LogP contribution in [0, 0.1) is 0 Å². The molecular formula is C22H25N3O2. The highest BCUT2D eigenvalue weighted by Gasteiger charge is 2.27. The van der Waals surface area contributed by atoms with E-state index in [2.05, 4.69) is 27.5 Å². The largest absolute Gasteiger partial charge is 0.387 e. The van der Waals surface area contributed by atoms with Gasteiger partial charge in [-0.05, 0) is 42.7 Å². The Hall–Kier alpha value is -2.82. The van der Waals surface area contributed by atoms with Gasteiger partial charge in [-0.15, -0.1) is 0 Å². The molecule has 1 atom stereocenters. The number of hydrogen-bond acceptors (Lipinski definition) is 4. The first-order valence-corrected chi connectivity index (χ1v) is 9.73. The van der Waals surface area contributed by atoms with Crippen LogP contribution in [0.15, 0.2) is 59.8 Å². The molecule has 2 heterocycles. The molecule has 2 aliphatic heterocycles. The summed E-state index contributed by atoms with van der Waals surface area (Å²) < 4.78 is 0. The Balaban J connectivity index is 1.34. The first kappa shape index (κ1) is 17.6. The average Bonchev–Trinajstić information content (AvgIpc) is 3.06. The maximum atomic E-state index is 12.5. The topological polar surface area (TPSA) is 53.9 Å². The van der Waals surface area contributed by atoms with Gasteiger partial charge in [0, 0.05) is 30.9 Å². The van der Waals surface area contributed by atoms with Gasteiger partial charge >= 0.3 is 0 Å². The van der Waals surface area contributed by atoms with E-state index in [9.17, 15) is 4.79 Å². The summed E-state index contributed by atoms with van der Waals surface area (Å²) in [6, 6.07) is 18.0. The highest BCUT2D eigenvalue weighted by atomic mass is 16.6. The number of carbonyl (C=O) groups excluding carboxylic acids is 1. The van der Waals surface area contributed by atoms with Gasteiger partial charge < -0.3 is 15.1 Å². The van der Waals surface area contributed by atoms with Crippen LogP contribution in [0.25, 0.3) is 0 Å². The van der Waals surface area contributed by atoms with Crippen LogP contribution in [-0.2, 0) is 9.63 Å². The van der Waals surface area contributed by atoms with Crippen LogP contribution in [0.3, 0.4) is 0 Å². The van der Waals surface area contributed by atoms with Crippen LogP contribution in [0.4, 0.5) is 11.4 Å². The van der Waals surface area contributed by atoms with Crippen molar-refractivity contribution >= 4 is 23.0 Å². The predicted octanol–water partition coefficient (Wildman–Crippen LogP) is 4.52. The van der Waals surface area contributed by atoms with Crippen molar-refractivity contribution in [1.82, 2.24) is 0 Å². The normalized spacial score (nSPS) is 19.8. The third-order valence-electron chi connectivity index (χ3n) is 5.20. The number of carbonyl (C=O) groups is 1. The molecule has 2 aliphatic rings. The van der Waals surface area contributed by atoms with Crippen LogP contribution in [-0.4, -0.2) is 24.7 Å². The van der Waals surface area contributed by atoms with Crippen molar-refractivity contribution in [3.05, 3.63) is 60.2 Å². The van der Waals surface area contributed by atoms with Gasteiger partial charge in [-0.1, -0.05) is 48.3 Å². The fraction of sp³-hybridized carbons (Fsp3) is 0.364. The van der Waals surface area contributed by atoms with E-state index in [1.165, 1.54) is 31.4 Å². The van der Waals surface area contributed by atoms with Crippen molar-refractivity contribution in [3.63, 3.8) is 0 Å². The standard InChI is InChI=1S/C22H25N3O2/c26-22(20-16-21(27-24-20)17-8-4-3-5-9-17)23-18-10-12-19(13-11-18)25-14-6-1-2-7-15-25/h3-5,8-13,21H,1-2,6-7,14-16H2,(H,23,26). The van der Waals surface area contributed by atoms with E-state index in [-0.39, 0.29) is 12.0 Å². The molecular weight excluding hydrogens is 338 g/mol. The van der Waals surface area contributed by atoms with Gasteiger partial charge in [0.15, 0.2) is 6.10 Å². The average molecular weight is 363 g/mol. The first-order chi connectivity index (χ1) is 13.3. The van der Waals surface area contributed by atoms with Crippen LogP contribution < -0.4 is 10.2 Å². The van der Waals surface area contributed by atoms with Crippen molar-refractivity contribution in [2.24, 2.45) is 5.16 Å². The molecule has 4 rings (SSSR count). The molecule has 0 saturated carbocycles. The summed E-state index contributed by atoms with van der Waals surface area (Å²) in [5.41, 5.74) is 3.47. The zero-order chi connectivity index (χ0) is 18.5. The quantitative estimate of drug-likeness (QED) is 0.869. The van der Waals surface area contributed by atoms with E-state index < -0.39 is 0 Å². The minimum absolute atomic E-state index is 0.183. The van der Waals surface area contributed by atoms with Gasteiger partial charge in [0.2, 0.25) is 0 Å². The maximum absolute atomic E-state index is 12.5.